The molecule has 0 atom stereocenters. The van der Waals surface area contributed by atoms with Gasteiger partial charge in [-0.2, -0.15) is 15.0 Å². The van der Waals surface area contributed by atoms with E-state index in [1.54, 1.807) is 13.0 Å². The lowest BCUT2D eigenvalue weighted by Crippen LogP contribution is -2.33. The maximum absolute atomic E-state index is 12.4. The summed E-state index contributed by atoms with van der Waals surface area (Å²) in [7, 11) is 0. The molecule has 0 N–H and O–H groups in total. The summed E-state index contributed by atoms with van der Waals surface area (Å²) in [6.07, 6.45) is 1.08. The summed E-state index contributed by atoms with van der Waals surface area (Å²) in [5.74, 6) is 0.232. The number of carbonyl (C=O) groups is 1. The Hall–Kier alpha value is -2.84. The molecule has 0 fully saturated rings. The van der Waals surface area contributed by atoms with Gasteiger partial charge in [-0.25, -0.2) is 9.69 Å². The zero-order valence-corrected chi connectivity index (χ0v) is 17.5. The van der Waals surface area contributed by atoms with Gasteiger partial charge in [0, 0.05) is 9.79 Å². The standard InChI is InChI=1S/C21H20N4O2S2/c1-3-15-25(21(26)27-4-2)18-22-19(28-16-11-7-5-8-12-16)24-20(23-18)29-17-13-9-6-10-14-17/h3,5-14H,1,4,15H2,2H3. The zero-order valence-electron chi connectivity index (χ0n) is 15.9. The smallest absolute Gasteiger partial charge is 0.416 e. The highest BCUT2D eigenvalue weighted by molar-refractivity contribution is 7.99. The molecule has 0 bridgehead atoms. The molecule has 0 radical (unpaired) electrons. The van der Waals surface area contributed by atoms with E-state index in [2.05, 4.69) is 21.5 Å². The van der Waals surface area contributed by atoms with E-state index >= 15 is 0 Å². The normalized spacial score (nSPS) is 10.4. The molecule has 0 aliphatic heterocycles. The highest BCUT2D eigenvalue weighted by Gasteiger charge is 2.21. The second kappa shape index (κ2) is 10.6. The van der Waals surface area contributed by atoms with Gasteiger partial charge in [0.15, 0.2) is 10.3 Å². The Morgan fingerprint density at radius 3 is 1.93 bits per heavy atom. The molecule has 1 amide bonds. The summed E-state index contributed by atoms with van der Waals surface area (Å²) in [5, 5.41) is 0.996. The highest BCUT2D eigenvalue weighted by atomic mass is 32.2. The molecule has 0 aliphatic rings. The number of amides is 1. The Bertz CT molecular complexity index is 896. The van der Waals surface area contributed by atoms with E-state index in [-0.39, 0.29) is 19.1 Å². The van der Waals surface area contributed by atoms with Crippen LogP contribution in [0.1, 0.15) is 6.92 Å². The third kappa shape index (κ3) is 6.07. The Morgan fingerprint density at radius 2 is 1.48 bits per heavy atom. The van der Waals surface area contributed by atoms with Gasteiger partial charge in [0.05, 0.1) is 13.2 Å². The van der Waals surface area contributed by atoms with E-state index in [0.717, 1.165) is 9.79 Å². The van der Waals surface area contributed by atoms with Crippen molar-refractivity contribution in [1.82, 2.24) is 15.0 Å². The topological polar surface area (TPSA) is 68.2 Å². The van der Waals surface area contributed by atoms with Gasteiger partial charge in [0.25, 0.3) is 0 Å². The van der Waals surface area contributed by atoms with Crippen LogP contribution in [0.25, 0.3) is 0 Å². The van der Waals surface area contributed by atoms with Crippen molar-refractivity contribution in [1.29, 1.82) is 0 Å². The molecule has 6 nitrogen and oxygen atoms in total. The van der Waals surface area contributed by atoms with Gasteiger partial charge in [0.1, 0.15) is 0 Å². The number of benzene rings is 2. The molecule has 0 saturated heterocycles. The maximum Gasteiger partial charge on any atom is 0.416 e. The van der Waals surface area contributed by atoms with Gasteiger partial charge >= 0.3 is 6.09 Å². The first-order valence-electron chi connectivity index (χ1n) is 8.96. The molecule has 0 saturated carbocycles. The van der Waals surface area contributed by atoms with Crippen molar-refractivity contribution in [2.75, 3.05) is 18.1 Å². The van der Waals surface area contributed by atoms with Gasteiger partial charge in [-0.3, -0.25) is 0 Å². The second-order valence-electron chi connectivity index (χ2n) is 5.63. The highest BCUT2D eigenvalue weighted by Crippen LogP contribution is 2.30. The third-order valence-corrected chi connectivity index (χ3v) is 5.27. The number of ether oxygens (including phenoxy) is 1. The average molecular weight is 425 g/mol. The van der Waals surface area contributed by atoms with Gasteiger partial charge < -0.3 is 4.74 Å². The summed E-state index contributed by atoms with van der Waals surface area (Å²) in [6.45, 7) is 5.96. The van der Waals surface area contributed by atoms with E-state index in [9.17, 15) is 4.79 Å². The molecule has 1 aromatic heterocycles. The van der Waals surface area contributed by atoms with Crippen LogP contribution >= 0.6 is 23.5 Å². The number of aromatic nitrogens is 3. The summed E-state index contributed by atoms with van der Waals surface area (Å²) in [5.41, 5.74) is 0. The summed E-state index contributed by atoms with van der Waals surface area (Å²) in [6, 6.07) is 19.6. The Morgan fingerprint density at radius 1 is 0.966 bits per heavy atom. The quantitative estimate of drug-likeness (QED) is 0.453. The molecule has 1 heterocycles. The number of hydrogen-bond acceptors (Lipinski definition) is 7. The predicted molar refractivity (Wildman–Crippen MR) is 116 cm³/mol. The number of carbonyl (C=O) groups excluding carboxylic acids is 1. The van der Waals surface area contributed by atoms with Crippen molar-refractivity contribution < 1.29 is 9.53 Å². The van der Waals surface area contributed by atoms with Crippen LogP contribution in [0.4, 0.5) is 10.7 Å². The SMILES string of the molecule is C=CCN(C(=O)OCC)c1nc(Sc2ccccc2)nc(Sc2ccccc2)n1. The number of nitrogens with zero attached hydrogens (tertiary/aromatic N) is 4. The van der Waals surface area contributed by atoms with E-state index < -0.39 is 6.09 Å². The van der Waals surface area contributed by atoms with E-state index in [1.807, 2.05) is 60.7 Å². The van der Waals surface area contributed by atoms with Crippen molar-refractivity contribution in [2.45, 2.75) is 27.0 Å². The van der Waals surface area contributed by atoms with Crippen molar-refractivity contribution in [2.24, 2.45) is 0 Å². The van der Waals surface area contributed by atoms with Crippen LogP contribution in [0.5, 0.6) is 0 Å². The van der Waals surface area contributed by atoms with Gasteiger partial charge in [-0.15, -0.1) is 6.58 Å². The predicted octanol–water partition coefficient (Wildman–Crippen LogP) is 5.32. The Kier molecular flexibility index (Phi) is 7.66. The van der Waals surface area contributed by atoms with Crippen LogP contribution in [0.15, 0.2) is 93.4 Å². The fourth-order valence-electron chi connectivity index (χ4n) is 2.30. The lowest BCUT2D eigenvalue weighted by molar-refractivity contribution is 0.160. The minimum Gasteiger partial charge on any atom is -0.449 e. The molecule has 3 aromatic rings. The van der Waals surface area contributed by atoms with E-state index in [0.29, 0.717) is 10.3 Å². The molecule has 8 heteroatoms. The first-order valence-corrected chi connectivity index (χ1v) is 10.6. The lowest BCUT2D eigenvalue weighted by Gasteiger charge is -2.19. The average Bonchev–Trinajstić information content (AvgIpc) is 2.73. The van der Waals surface area contributed by atoms with Crippen molar-refractivity contribution in [3.8, 4) is 0 Å². The number of hydrogen-bond donors (Lipinski definition) is 0. The minimum atomic E-state index is -0.523. The van der Waals surface area contributed by atoms with Crippen LogP contribution in [0.2, 0.25) is 0 Å². The van der Waals surface area contributed by atoms with Crippen LogP contribution in [-0.4, -0.2) is 34.2 Å². The molecule has 0 spiro atoms. The van der Waals surface area contributed by atoms with Gasteiger partial charge in [-0.1, -0.05) is 42.5 Å². The first kappa shape index (κ1) is 20.9. The molecule has 2 aromatic carbocycles. The van der Waals surface area contributed by atoms with Crippen molar-refractivity contribution >= 4 is 35.6 Å². The Balaban J connectivity index is 1.98. The summed E-state index contributed by atoms with van der Waals surface area (Å²) in [4.78, 5) is 29.3. The number of rotatable bonds is 8. The Labute approximate surface area is 178 Å². The van der Waals surface area contributed by atoms with Crippen LogP contribution < -0.4 is 4.90 Å². The molecular weight excluding hydrogens is 404 g/mol. The second-order valence-corrected chi connectivity index (χ2v) is 7.71. The fourth-order valence-corrected chi connectivity index (χ4v) is 3.88. The first-order chi connectivity index (χ1) is 14.2. The van der Waals surface area contributed by atoms with Crippen LogP contribution in [-0.2, 0) is 4.74 Å². The van der Waals surface area contributed by atoms with E-state index in [1.165, 1.54) is 28.4 Å². The third-order valence-electron chi connectivity index (χ3n) is 3.53. The summed E-state index contributed by atoms with van der Waals surface area (Å²) >= 11 is 2.81. The van der Waals surface area contributed by atoms with Crippen molar-refractivity contribution in [3.05, 3.63) is 73.3 Å². The van der Waals surface area contributed by atoms with Crippen molar-refractivity contribution in [3.63, 3.8) is 0 Å². The van der Waals surface area contributed by atoms with Crippen LogP contribution in [0.3, 0.4) is 0 Å². The molecule has 0 unspecified atom stereocenters. The van der Waals surface area contributed by atoms with Gasteiger partial charge in [-0.05, 0) is 54.7 Å². The monoisotopic (exact) mass is 424 g/mol. The molecular formula is C21H20N4O2S2. The minimum absolute atomic E-state index is 0.230. The zero-order chi connectivity index (χ0) is 20.5. The fraction of sp³-hybridized carbons (Fsp3) is 0.143. The van der Waals surface area contributed by atoms with E-state index in [4.69, 9.17) is 4.74 Å². The van der Waals surface area contributed by atoms with Gasteiger partial charge in [0.2, 0.25) is 5.95 Å². The molecule has 3 rings (SSSR count). The summed E-state index contributed by atoms with van der Waals surface area (Å²) < 4.78 is 5.15. The molecule has 148 valence electrons. The largest absolute Gasteiger partial charge is 0.449 e. The lowest BCUT2D eigenvalue weighted by atomic mass is 10.4. The van der Waals surface area contributed by atoms with Crippen LogP contribution in [0, 0.1) is 0 Å². The molecule has 29 heavy (non-hydrogen) atoms. The maximum atomic E-state index is 12.4. The molecule has 0 aliphatic carbocycles. The number of anilines is 1.